The first-order valence-corrected chi connectivity index (χ1v) is 9.02. The summed E-state index contributed by atoms with van der Waals surface area (Å²) >= 11 is 0. The van der Waals surface area contributed by atoms with E-state index in [1.165, 1.54) is 0 Å². The number of para-hydroxylation sites is 1. The Labute approximate surface area is 144 Å². The highest BCUT2D eigenvalue weighted by Gasteiger charge is 2.72. The molecule has 3 fully saturated rings. The maximum Gasteiger partial charge on any atom is 0.318 e. The number of aliphatic hydroxyl groups is 1. The van der Waals surface area contributed by atoms with E-state index < -0.39 is 23.1 Å². The number of hydrogen-bond donors (Lipinski definition) is 3. The molecule has 2 aromatic rings. The molecule has 3 aliphatic heterocycles. The molecular formula is C19H20N2O4. The van der Waals surface area contributed by atoms with Gasteiger partial charge in [0.2, 0.25) is 0 Å². The van der Waals surface area contributed by atoms with Gasteiger partial charge in [-0.1, -0.05) is 18.2 Å². The van der Waals surface area contributed by atoms with Crippen LogP contribution in [0.5, 0.6) is 0 Å². The predicted octanol–water partition coefficient (Wildman–Crippen LogP) is 1.61. The minimum atomic E-state index is -1.35. The molecule has 0 radical (unpaired) electrons. The molecule has 1 aliphatic carbocycles. The van der Waals surface area contributed by atoms with Crippen molar-refractivity contribution in [2.45, 2.75) is 30.1 Å². The second-order valence-corrected chi connectivity index (χ2v) is 7.99. The van der Waals surface area contributed by atoms with Crippen molar-refractivity contribution >= 4 is 16.9 Å². The number of ether oxygens (including phenoxy) is 1. The number of aliphatic carboxylic acids is 1. The summed E-state index contributed by atoms with van der Waals surface area (Å²) in [5.41, 5.74) is 1.60. The SMILES string of the molecule is O=C(O)[C@@]12COC3(O)C4CCN(CCC31)C4c1c2[nH]c2ccccc12. The average molecular weight is 340 g/mol. The van der Waals surface area contributed by atoms with E-state index in [0.717, 1.165) is 41.7 Å². The molecule has 5 unspecified atom stereocenters. The monoisotopic (exact) mass is 340 g/mol. The molecule has 6 heteroatoms. The quantitative estimate of drug-likeness (QED) is 0.734. The molecule has 1 aromatic carbocycles. The first kappa shape index (κ1) is 14.3. The number of carbonyl (C=O) groups is 1. The lowest BCUT2D eigenvalue weighted by Gasteiger charge is -2.36. The van der Waals surface area contributed by atoms with E-state index in [-0.39, 0.29) is 18.6 Å². The minimum Gasteiger partial charge on any atom is -0.480 e. The summed E-state index contributed by atoms with van der Waals surface area (Å²) in [6.45, 7) is 1.77. The van der Waals surface area contributed by atoms with Crippen molar-refractivity contribution in [3.8, 4) is 0 Å². The zero-order valence-corrected chi connectivity index (χ0v) is 13.7. The van der Waals surface area contributed by atoms with Crippen LogP contribution in [0.15, 0.2) is 24.3 Å². The molecular weight excluding hydrogens is 320 g/mol. The van der Waals surface area contributed by atoms with E-state index in [1.54, 1.807) is 0 Å². The van der Waals surface area contributed by atoms with E-state index in [2.05, 4.69) is 16.0 Å². The van der Waals surface area contributed by atoms with Crippen LogP contribution >= 0.6 is 0 Å². The molecule has 6 nitrogen and oxygen atoms in total. The van der Waals surface area contributed by atoms with Crippen molar-refractivity contribution in [2.24, 2.45) is 11.8 Å². The number of nitrogens with one attached hydrogen (secondary N) is 1. The molecule has 0 spiro atoms. The van der Waals surface area contributed by atoms with Crippen LogP contribution in [0.3, 0.4) is 0 Å². The van der Waals surface area contributed by atoms with Gasteiger partial charge in [-0.3, -0.25) is 9.69 Å². The van der Waals surface area contributed by atoms with E-state index >= 15 is 0 Å². The number of aromatic nitrogens is 1. The van der Waals surface area contributed by atoms with Crippen molar-refractivity contribution in [3.63, 3.8) is 0 Å². The van der Waals surface area contributed by atoms with Gasteiger partial charge in [0.25, 0.3) is 0 Å². The summed E-state index contributed by atoms with van der Waals surface area (Å²) in [4.78, 5) is 18.4. The Kier molecular flexibility index (Phi) is 2.43. The van der Waals surface area contributed by atoms with Crippen LogP contribution in [0.1, 0.15) is 30.1 Å². The third-order valence-electron chi connectivity index (χ3n) is 7.23. The van der Waals surface area contributed by atoms with Crippen molar-refractivity contribution < 1.29 is 19.7 Å². The Balaban J connectivity index is 1.78. The highest BCUT2D eigenvalue weighted by Crippen LogP contribution is 2.63. The van der Waals surface area contributed by atoms with Crippen LogP contribution < -0.4 is 0 Å². The number of fused-ring (bicyclic) bond motifs is 4. The number of nitrogens with zero attached hydrogens (tertiary/aromatic N) is 1. The molecule has 3 saturated heterocycles. The lowest BCUT2D eigenvalue weighted by Crippen LogP contribution is -2.50. The third kappa shape index (κ3) is 1.39. The minimum absolute atomic E-state index is 0.0164. The van der Waals surface area contributed by atoms with Crippen molar-refractivity contribution in [1.29, 1.82) is 0 Å². The van der Waals surface area contributed by atoms with E-state index in [0.29, 0.717) is 6.42 Å². The zero-order valence-electron chi connectivity index (χ0n) is 13.7. The van der Waals surface area contributed by atoms with Crippen LogP contribution in [0.25, 0.3) is 10.9 Å². The van der Waals surface area contributed by atoms with E-state index in [9.17, 15) is 15.0 Å². The largest absolute Gasteiger partial charge is 0.480 e. The zero-order chi connectivity index (χ0) is 17.0. The van der Waals surface area contributed by atoms with E-state index in [1.807, 2.05) is 18.2 Å². The third-order valence-corrected chi connectivity index (χ3v) is 7.23. The van der Waals surface area contributed by atoms with Gasteiger partial charge >= 0.3 is 5.97 Å². The van der Waals surface area contributed by atoms with Crippen molar-refractivity contribution in [1.82, 2.24) is 9.88 Å². The molecule has 6 rings (SSSR count). The number of rotatable bonds is 1. The second-order valence-electron chi connectivity index (χ2n) is 7.99. The number of carboxylic acid groups (broad SMARTS) is 1. The standard InChI is InChI=1S/C19H20N2O4/c22-17(23)18-9-25-19(24)11-5-7-21(8-6-13(18)19)15(11)14-10-3-1-2-4-12(10)20-16(14)18/h1-4,11,13,15,20,24H,5-9H2,(H,22,23)/t11?,13?,15?,18-,19?/m0/s1. The summed E-state index contributed by atoms with van der Waals surface area (Å²) in [5.74, 6) is -2.75. The molecule has 130 valence electrons. The number of aromatic amines is 1. The highest BCUT2D eigenvalue weighted by molar-refractivity contribution is 5.91. The molecule has 0 amide bonds. The van der Waals surface area contributed by atoms with Gasteiger partial charge in [-0.25, -0.2) is 0 Å². The Morgan fingerprint density at radius 3 is 2.92 bits per heavy atom. The molecule has 6 atom stereocenters. The fourth-order valence-corrected chi connectivity index (χ4v) is 6.21. The van der Waals surface area contributed by atoms with Gasteiger partial charge in [-0.05, 0) is 37.6 Å². The second kappa shape index (κ2) is 4.26. The smallest absolute Gasteiger partial charge is 0.318 e. The lowest BCUT2D eigenvalue weighted by atomic mass is 9.69. The normalized spacial score (nSPS) is 43.9. The Bertz CT molecular complexity index is 923. The maximum atomic E-state index is 12.6. The Morgan fingerprint density at radius 2 is 2.08 bits per heavy atom. The Hall–Kier alpha value is -1.89. The van der Waals surface area contributed by atoms with Crippen LogP contribution in [-0.2, 0) is 14.9 Å². The van der Waals surface area contributed by atoms with E-state index in [4.69, 9.17) is 4.74 Å². The average Bonchev–Trinajstić information content (AvgIpc) is 3.19. The predicted molar refractivity (Wildman–Crippen MR) is 89.0 cm³/mol. The van der Waals surface area contributed by atoms with Gasteiger partial charge in [-0.15, -0.1) is 0 Å². The van der Waals surface area contributed by atoms with Gasteiger partial charge < -0.3 is 19.9 Å². The van der Waals surface area contributed by atoms with Crippen LogP contribution in [-0.4, -0.2) is 51.5 Å². The summed E-state index contributed by atoms with van der Waals surface area (Å²) < 4.78 is 5.93. The number of H-pyrrole nitrogens is 1. The summed E-state index contributed by atoms with van der Waals surface area (Å²) in [5, 5.41) is 22.9. The van der Waals surface area contributed by atoms with Crippen LogP contribution in [0.4, 0.5) is 0 Å². The summed E-state index contributed by atoms with van der Waals surface area (Å²) in [6, 6.07) is 8.05. The summed E-state index contributed by atoms with van der Waals surface area (Å²) in [7, 11) is 0. The van der Waals surface area contributed by atoms with Gasteiger partial charge in [0, 0.05) is 34.5 Å². The fourth-order valence-electron chi connectivity index (χ4n) is 6.21. The number of benzene rings is 1. The van der Waals surface area contributed by atoms with Crippen LogP contribution in [0, 0.1) is 11.8 Å². The number of hydrogen-bond acceptors (Lipinski definition) is 4. The molecule has 0 saturated carbocycles. The molecule has 4 heterocycles. The molecule has 6 bridgehead atoms. The fraction of sp³-hybridized carbons (Fsp3) is 0.526. The lowest BCUT2D eigenvalue weighted by molar-refractivity contribution is -0.231. The molecule has 3 N–H and O–H groups in total. The highest BCUT2D eigenvalue weighted by atomic mass is 16.6. The molecule has 25 heavy (non-hydrogen) atoms. The van der Waals surface area contributed by atoms with Crippen molar-refractivity contribution in [2.75, 3.05) is 19.7 Å². The Morgan fingerprint density at radius 1 is 1.28 bits per heavy atom. The molecule has 1 aromatic heterocycles. The van der Waals surface area contributed by atoms with Crippen LogP contribution in [0.2, 0.25) is 0 Å². The maximum absolute atomic E-state index is 12.6. The first-order valence-electron chi connectivity index (χ1n) is 9.02. The van der Waals surface area contributed by atoms with Crippen molar-refractivity contribution in [3.05, 3.63) is 35.5 Å². The first-order chi connectivity index (χ1) is 12.1. The van der Waals surface area contributed by atoms with Gasteiger partial charge in [-0.2, -0.15) is 0 Å². The number of carboxylic acids is 1. The topological polar surface area (TPSA) is 85.8 Å². The van der Waals surface area contributed by atoms with Gasteiger partial charge in [0.15, 0.2) is 5.79 Å². The van der Waals surface area contributed by atoms with Gasteiger partial charge in [0.1, 0.15) is 5.41 Å². The van der Waals surface area contributed by atoms with Gasteiger partial charge in [0.05, 0.1) is 6.61 Å². The summed E-state index contributed by atoms with van der Waals surface area (Å²) in [6.07, 6.45) is 1.48. The molecule has 4 aliphatic rings.